The van der Waals surface area contributed by atoms with Gasteiger partial charge in [-0.3, -0.25) is 4.79 Å². The Balaban J connectivity index is 1.87. The average Bonchev–Trinajstić information content (AvgIpc) is 2.65. The molecule has 0 aliphatic carbocycles. The van der Waals surface area contributed by atoms with Gasteiger partial charge in [0.05, 0.1) is 0 Å². The van der Waals surface area contributed by atoms with E-state index >= 15 is 0 Å². The highest BCUT2D eigenvalue weighted by molar-refractivity contribution is 8.03. The standard InChI is InChI=1S/C19H16N4OS/c20-12-16(13-23-17-6-8-18(9-7-17)25-14-21)19(24)22-11-10-15-4-2-1-3-5-15/h1-9,13,23H,10-11H2,(H,22,24)/b16-13-. The molecule has 2 N–H and O–H groups in total. The van der Waals surface area contributed by atoms with Crippen LogP contribution in [0, 0.1) is 22.0 Å². The molecule has 25 heavy (non-hydrogen) atoms. The average molecular weight is 348 g/mol. The Morgan fingerprint density at radius 1 is 1.08 bits per heavy atom. The largest absolute Gasteiger partial charge is 0.360 e. The predicted octanol–water partition coefficient (Wildman–Crippen LogP) is 3.44. The number of hydrogen-bond donors (Lipinski definition) is 2. The number of nitriles is 2. The summed E-state index contributed by atoms with van der Waals surface area (Å²) < 4.78 is 0. The molecule has 0 aliphatic heterocycles. The number of thiocyanates is 1. The Kier molecular flexibility index (Phi) is 7.12. The van der Waals surface area contributed by atoms with Crippen molar-refractivity contribution >= 4 is 23.4 Å². The molecule has 0 heterocycles. The van der Waals surface area contributed by atoms with Gasteiger partial charge < -0.3 is 10.6 Å². The van der Waals surface area contributed by atoms with Gasteiger partial charge in [-0.25, -0.2) is 0 Å². The summed E-state index contributed by atoms with van der Waals surface area (Å²) in [5, 5.41) is 25.4. The lowest BCUT2D eigenvalue weighted by molar-refractivity contribution is -0.117. The molecule has 0 bridgehead atoms. The third-order valence-electron chi connectivity index (χ3n) is 3.31. The summed E-state index contributed by atoms with van der Waals surface area (Å²) in [6.45, 7) is 0.460. The van der Waals surface area contributed by atoms with Gasteiger partial charge in [-0.15, -0.1) is 0 Å². The normalized spacial score (nSPS) is 10.4. The fourth-order valence-electron chi connectivity index (χ4n) is 2.04. The summed E-state index contributed by atoms with van der Waals surface area (Å²) >= 11 is 1.07. The van der Waals surface area contributed by atoms with Gasteiger partial charge in [0.15, 0.2) is 0 Å². The van der Waals surface area contributed by atoms with Crippen LogP contribution in [0.2, 0.25) is 0 Å². The fraction of sp³-hybridized carbons (Fsp3) is 0.105. The van der Waals surface area contributed by atoms with Gasteiger partial charge in [0, 0.05) is 23.3 Å². The molecule has 5 nitrogen and oxygen atoms in total. The molecule has 0 atom stereocenters. The molecular formula is C19H16N4OS. The van der Waals surface area contributed by atoms with Crippen LogP contribution >= 0.6 is 11.8 Å². The molecule has 0 saturated carbocycles. The third kappa shape index (κ3) is 6.06. The molecule has 0 fully saturated rings. The van der Waals surface area contributed by atoms with Gasteiger partial charge in [-0.1, -0.05) is 30.3 Å². The van der Waals surface area contributed by atoms with E-state index in [0.717, 1.165) is 27.9 Å². The van der Waals surface area contributed by atoms with E-state index in [-0.39, 0.29) is 5.57 Å². The molecule has 6 heteroatoms. The van der Waals surface area contributed by atoms with Crippen LogP contribution in [0.5, 0.6) is 0 Å². The summed E-state index contributed by atoms with van der Waals surface area (Å²) in [5.74, 6) is -0.414. The molecule has 124 valence electrons. The Hall–Kier alpha value is -3.22. The van der Waals surface area contributed by atoms with E-state index in [0.29, 0.717) is 13.0 Å². The molecule has 1 amide bonds. The van der Waals surface area contributed by atoms with Crippen molar-refractivity contribution < 1.29 is 4.79 Å². The highest BCUT2D eigenvalue weighted by Crippen LogP contribution is 2.19. The molecular weight excluding hydrogens is 332 g/mol. The van der Waals surface area contributed by atoms with E-state index in [1.807, 2.05) is 41.8 Å². The highest BCUT2D eigenvalue weighted by Gasteiger charge is 2.08. The van der Waals surface area contributed by atoms with Crippen molar-refractivity contribution in [3.63, 3.8) is 0 Å². The maximum atomic E-state index is 12.0. The summed E-state index contributed by atoms with van der Waals surface area (Å²) in [5.41, 5.74) is 1.86. The Morgan fingerprint density at radius 2 is 1.80 bits per heavy atom. The molecule has 2 rings (SSSR count). The number of hydrogen-bond acceptors (Lipinski definition) is 5. The van der Waals surface area contributed by atoms with Gasteiger partial charge in [-0.2, -0.15) is 10.5 Å². The topological polar surface area (TPSA) is 88.7 Å². The summed E-state index contributed by atoms with van der Waals surface area (Å²) in [6.07, 6.45) is 2.08. The first-order valence-corrected chi connectivity index (χ1v) is 8.39. The second-order valence-corrected chi connectivity index (χ2v) is 5.88. The van der Waals surface area contributed by atoms with E-state index in [9.17, 15) is 4.79 Å². The highest BCUT2D eigenvalue weighted by atomic mass is 32.2. The van der Waals surface area contributed by atoms with E-state index in [1.165, 1.54) is 6.20 Å². The lowest BCUT2D eigenvalue weighted by Gasteiger charge is -2.06. The third-order valence-corrected chi connectivity index (χ3v) is 3.91. The smallest absolute Gasteiger partial charge is 0.263 e. The molecule has 0 saturated heterocycles. The van der Waals surface area contributed by atoms with E-state index in [2.05, 4.69) is 10.6 Å². The maximum absolute atomic E-state index is 12.0. The van der Waals surface area contributed by atoms with Crippen LogP contribution in [-0.2, 0) is 11.2 Å². The lowest BCUT2D eigenvalue weighted by atomic mass is 10.1. The summed E-state index contributed by atoms with van der Waals surface area (Å²) in [4.78, 5) is 12.9. The fourth-order valence-corrected chi connectivity index (χ4v) is 2.41. The first-order chi connectivity index (χ1) is 12.2. The SMILES string of the molecule is N#CSc1ccc(N/C=C(/C#N)C(=O)NCCc2ccccc2)cc1. The lowest BCUT2D eigenvalue weighted by Crippen LogP contribution is -2.27. The van der Waals surface area contributed by atoms with Crippen molar-refractivity contribution in [3.05, 3.63) is 71.9 Å². The predicted molar refractivity (Wildman–Crippen MR) is 98.4 cm³/mol. The number of carbonyl (C=O) groups is 1. The molecule has 2 aromatic carbocycles. The van der Waals surface area contributed by atoms with Crippen LogP contribution in [0.15, 0.2) is 71.3 Å². The van der Waals surface area contributed by atoms with E-state index < -0.39 is 5.91 Å². The number of carbonyl (C=O) groups excluding carboxylic acids is 1. The van der Waals surface area contributed by atoms with Crippen LogP contribution in [0.4, 0.5) is 5.69 Å². The number of nitrogens with one attached hydrogen (secondary N) is 2. The summed E-state index contributed by atoms with van der Waals surface area (Å²) in [7, 11) is 0. The van der Waals surface area contributed by atoms with Crippen molar-refractivity contribution in [2.75, 3.05) is 11.9 Å². The summed E-state index contributed by atoms with van der Waals surface area (Å²) in [6, 6.07) is 18.8. The van der Waals surface area contributed by atoms with Crippen molar-refractivity contribution in [2.24, 2.45) is 0 Å². The molecule has 0 spiro atoms. The molecule has 0 aromatic heterocycles. The zero-order valence-corrected chi connectivity index (χ0v) is 14.2. The quantitative estimate of drug-likeness (QED) is 0.346. The van der Waals surface area contributed by atoms with Crippen molar-refractivity contribution in [2.45, 2.75) is 11.3 Å². The van der Waals surface area contributed by atoms with Gasteiger partial charge in [0.2, 0.25) is 0 Å². The van der Waals surface area contributed by atoms with Gasteiger partial charge in [-0.05, 0) is 48.0 Å². The van der Waals surface area contributed by atoms with Crippen molar-refractivity contribution in [3.8, 4) is 11.5 Å². The second-order valence-electron chi connectivity index (χ2n) is 5.02. The minimum absolute atomic E-state index is 0.00328. The molecule has 0 unspecified atom stereocenters. The zero-order chi connectivity index (χ0) is 17.9. The van der Waals surface area contributed by atoms with Crippen LogP contribution in [0.1, 0.15) is 5.56 Å². The number of thioether (sulfide) groups is 1. The minimum atomic E-state index is -0.414. The van der Waals surface area contributed by atoms with Gasteiger partial charge >= 0.3 is 0 Å². The Bertz CT molecular complexity index is 817. The first kappa shape index (κ1) is 18.1. The van der Waals surface area contributed by atoms with Crippen LogP contribution in [0.3, 0.4) is 0 Å². The number of benzene rings is 2. The molecule has 0 radical (unpaired) electrons. The number of amides is 1. The van der Waals surface area contributed by atoms with Crippen LogP contribution in [0.25, 0.3) is 0 Å². The number of nitrogens with zero attached hydrogens (tertiary/aromatic N) is 2. The Morgan fingerprint density at radius 3 is 2.44 bits per heavy atom. The van der Waals surface area contributed by atoms with Crippen molar-refractivity contribution in [1.82, 2.24) is 5.32 Å². The Labute approximate surface area is 151 Å². The van der Waals surface area contributed by atoms with Crippen LogP contribution < -0.4 is 10.6 Å². The van der Waals surface area contributed by atoms with Crippen molar-refractivity contribution in [1.29, 1.82) is 10.5 Å². The number of rotatable bonds is 7. The molecule has 2 aromatic rings. The maximum Gasteiger partial charge on any atom is 0.263 e. The monoisotopic (exact) mass is 348 g/mol. The zero-order valence-electron chi connectivity index (χ0n) is 13.4. The van der Waals surface area contributed by atoms with Gasteiger partial charge in [0.1, 0.15) is 17.0 Å². The minimum Gasteiger partial charge on any atom is -0.360 e. The number of anilines is 1. The van der Waals surface area contributed by atoms with E-state index in [4.69, 9.17) is 10.5 Å². The van der Waals surface area contributed by atoms with E-state index in [1.54, 1.807) is 24.3 Å². The second kappa shape index (κ2) is 9.82. The molecule has 0 aliphatic rings. The van der Waals surface area contributed by atoms with Gasteiger partial charge in [0.25, 0.3) is 5.91 Å². The first-order valence-electron chi connectivity index (χ1n) is 7.58. The van der Waals surface area contributed by atoms with Crippen LogP contribution in [-0.4, -0.2) is 12.5 Å².